The van der Waals surface area contributed by atoms with E-state index >= 15 is 0 Å². The molecule has 0 fully saturated rings. The molecule has 222 valence electrons. The summed E-state index contributed by atoms with van der Waals surface area (Å²) in [6, 6.07) is 9.27. The number of rotatable bonds is 15. The largest absolute Gasteiger partial charge is 0.499 e. The van der Waals surface area contributed by atoms with Crippen molar-refractivity contribution in [1.82, 2.24) is 4.90 Å². The zero-order chi connectivity index (χ0) is 29.8. The van der Waals surface area contributed by atoms with Crippen molar-refractivity contribution >= 4 is 5.69 Å². The number of nitrogens with one attached hydrogen (secondary N) is 1. The Hall–Kier alpha value is -2.29. The van der Waals surface area contributed by atoms with E-state index in [4.69, 9.17) is 9.47 Å². The third kappa shape index (κ3) is 11.8. The maximum absolute atomic E-state index is 10.3. The van der Waals surface area contributed by atoms with E-state index in [1.165, 1.54) is 11.1 Å². The van der Waals surface area contributed by atoms with Gasteiger partial charge in [-0.05, 0) is 81.6 Å². The van der Waals surface area contributed by atoms with E-state index in [1.807, 2.05) is 34.7 Å². The number of methoxy groups -OCH3 is 1. The number of hydrogen-bond acceptors (Lipinski definition) is 5. The van der Waals surface area contributed by atoms with Gasteiger partial charge in [0, 0.05) is 19.3 Å². The van der Waals surface area contributed by atoms with Crippen LogP contribution in [-0.4, -0.2) is 51.9 Å². The lowest BCUT2D eigenvalue weighted by Crippen LogP contribution is -2.32. The molecule has 0 heterocycles. The number of hydrogen-bond donors (Lipinski definition) is 1. The Kier molecular flexibility index (Phi) is 19.4. The maximum atomic E-state index is 10.3. The summed E-state index contributed by atoms with van der Waals surface area (Å²) in [7, 11) is 5.79. The van der Waals surface area contributed by atoms with Crippen molar-refractivity contribution in [3.8, 4) is 6.07 Å². The van der Waals surface area contributed by atoms with Gasteiger partial charge < -0.3 is 19.7 Å². The molecular formula is C34H59N3O2. The van der Waals surface area contributed by atoms with Gasteiger partial charge in [0.2, 0.25) is 0 Å². The fraction of sp³-hybridized carbons (Fsp3) is 0.676. The van der Waals surface area contributed by atoms with Gasteiger partial charge in [0.05, 0.1) is 24.7 Å². The van der Waals surface area contributed by atoms with E-state index in [1.54, 1.807) is 7.11 Å². The van der Waals surface area contributed by atoms with Crippen LogP contribution < -0.4 is 5.32 Å². The summed E-state index contributed by atoms with van der Waals surface area (Å²) >= 11 is 0. The normalized spacial score (nSPS) is 16.1. The van der Waals surface area contributed by atoms with Gasteiger partial charge in [0.15, 0.2) is 0 Å². The standard InChI is InChI=1S/C30H47N3O2.2C2H6/c1-8-26-12-13-27(20-29(26)32-5)30(22-31,23(2)3)17-9-18-33(6)19-16-25-10-14-28(15-11-25)35-21-24(4)34-7;2*1-2/h10,12-13,20,23,28,32H,4,8-9,11,14-19,21H2,1-3,5-7H3;2*1-2H3. The Bertz CT molecular complexity index is 887. The van der Waals surface area contributed by atoms with E-state index in [9.17, 15) is 5.26 Å². The van der Waals surface area contributed by atoms with Crippen molar-refractivity contribution in [1.29, 1.82) is 5.26 Å². The average Bonchev–Trinajstić information content (AvgIpc) is 2.99. The number of anilines is 1. The second kappa shape index (κ2) is 20.6. The molecular weight excluding hydrogens is 482 g/mol. The molecule has 2 unspecified atom stereocenters. The first-order chi connectivity index (χ1) is 18.8. The molecule has 0 amide bonds. The summed E-state index contributed by atoms with van der Waals surface area (Å²) < 4.78 is 11.0. The zero-order valence-electron chi connectivity index (χ0n) is 27.0. The minimum Gasteiger partial charge on any atom is -0.499 e. The lowest BCUT2D eigenvalue weighted by atomic mass is 9.69. The first-order valence-corrected chi connectivity index (χ1v) is 15.2. The van der Waals surface area contributed by atoms with Crippen LogP contribution in [0.25, 0.3) is 0 Å². The molecule has 1 aromatic rings. The Balaban J connectivity index is 0.00000344. The second-order valence-corrected chi connectivity index (χ2v) is 10.2. The van der Waals surface area contributed by atoms with Crippen molar-refractivity contribution in [2.24, 2.45) is 5.92 Å². The lowest BCUT2D eigenvalue weighted by molar-refractivity contribution is 0.0404. The summed E-state index contributed by atoms with van der Waals surface area (Å²) in [4.78, 5) is 2.41. The number of nitrogens with zero attached hydrogens (tertiary/aromatic N) is 2. The highest BCUT2D eigenvalue weighted by atomic mass is 16.5. The fourth-order valence-electron chi connectivity index (χ4n) is 5.00. The third-order valence-corrected chi connectivity index (χ3v) is 7.61. The van der Waals surface area contributed by atoms with Crippen LogP contribution in [0.1, 0.15) is 98.1 Å². The Morgan fingerprint density at radius 3 is 2.44 bits per heavy atom. The van der Waals surface area contributed by atoms with Crippen LogP contribution >= 0.6 is 0 Å². The molecule has 1 aromatic carbocycles. The van der Waals surface area contributed by atoms with Gasteiger partial charge >= 0.3 is 0 Å². The second-order valence-electron chi connectivity index (χ2n) is 10.2. The van der Waals surface area contributed by atoms with Gasteiger partial charge in [0.1, 0.15) is 12.4 Å². The highest BCUT2D eigenvalue weighted by Gasteiger charge is 2.36. The summed E-state index contributed by atoms with van der Waals surface area (Å²) in [5, 5.41) is 13.6. The van der Waals surface area contributed by atoms with E-state index in [-0.39, 0.29) is 12.0 Å². The third-order valence-electron chi connectivity index (χ3n) is 7.61. The minimum absolute atomic E-state index is 0.249. The topological polar surface area (TPSA) is 57.5 Å². The van der Waals surface area contributed by atoms with Crippen molar-refractivity contribution in [3.63, 3.8) is 0 Å². The molecule has 0 aromatic heterocycles. The van der Waals surface area contributed by atoms with Crippen LogP contribution in [0.5, 0.6) is 0 Å². The summed E-state index contributed by atoms with van der Waals surface area (Å²) in [5.41, 5.74) is 4.64. The molecule has 39 heavy (non-hydrogen) atoms. The molecule has 0 radical (unpaired) electrons. The molecule has 1 aliphatic carbocycles. The molecule has 0 aliphatic heterocycles. The first-order valence-electron chi connectivity index (χ1n) is 15.2. The summed E-state index contributed by atoms with van der Waals surface area (Å²) in [6.45, 7) is 20.9. The number of benzene rings is 1. The SMILES string of the molecule is C=C(COC1CC=C(CCN(C)CCCC(C#N)(c2ccc(CC)c(NC)c2)C(C)C)CC1)OC.CC.CC. The van der Waals surface area contributed by atoms with Crippen LogP contribution in [0.4, 0.5) is 5.69 Å². The lowest BCUT2D eigenvalue weighted by Gasteiger charge is -2.33. The monoisotopic (exact) mass is 541 g/mol. The highest BCUT2D eigenvalue weighted by Crippen LogP contribution is 2.38. The predicted octanol–water partition coefficient (Wildman–Crippen LogP) is 8.52. The maximum Gasteiger partial charge on any atom is 0.114 e. The van der Waals surface area contributed by atoms with Gasteiger partial charge in [0.25, 0.3) is 0 Å². The quantitative estimate of drug-likeness (QED) is 0.178. The van der Waals surface area contributed by atoms with Crippen LogP contribution in [0.15, 0.2) is 42.2 Å². The van der Waals surface area contributed by atoms with Gasteiger partial charge in [-0.2, -0.15) is 5.26 Å². The zero-order valence-corrected chi connectivity index (χ0v) is 27.0. The molecule has 2 rings (SSSR count). The van der Waals surface area contributed by atoms with Crippen LogP contribution in [0, 0.1) is 17.2 Å². The molecule has 0 spiro atoms. The average molecular weight is 542 g/mol. The van der Waals surface area contributed by atoms with Crippen LogP contribution in [0.2, 0.25) is 0 Å². The van der Waals surface area contributed by atoms with Crippen LogP contribution in [-0.2, 0) is 21.3 Å². The van der Waals surface area contributed by atoms with Crippen molar-refractivity contribution in [2.75, 3.05) is 46.2 Å². The molecule has 0 saturated carbocycles. The molecule has 1 N–H and O–H groups in total. The van der Waals surface area contributed by atoms with E-state index < -0.39 is 5.41 Å². The smallest absolute Gasteiger partial charge is 0.114 e. The molecule has 1 aliphatic rings. The number of aryl methyl sites for hydroxylation is 1. The van der Waals surface area contributed by atoms with Gasteiger partial charge in [-0.25, -0.2) is 0 Å². The van der Waals surface area contributed by atoms with E-state index in [0.29, 0.717) is 12.4 Å². The molecule has 5 nitrogen and oxygen atoms in total. The number of nitriles is 1. The highest BCUT2D eigenvalue weighted by molar-refractivity contribution is 5.55. The molecule has 5 heteroatoms. The van der Waals surface area contributed by atoms with Gasteiger partial charge in [-0.1, -0.05) is 78.8 Å². The minimum atomic E-state index is -0.465. The molecule has 0 saturated heterocycles. The fourth-order valence-corrected chi connectivity index (χ4v) is 5.00. The first kappa shape index (κ1) is 36.7. The van der Waals surface area contributed by atoms with Crippen molar-refractivity contribution in [3.05, 3.63) is 53.3 Å². The Morgan fingerprint density at radius 1 is 1.23 bits per heavy atom. The Morgan fingerprint density at radius 2 is 1.92 bits per heavy atom. The van der Waals surface area contributed by atoms with E-state index in [2.05, 4.69) is 75.0 Å². The van der Waals surface area contributed by atoms with Gasteiger partial charge in [-0.15, -0.1) is 0 Å². The Labute approximate surface area is 241 Å². The predicted molar refractivity (Wildman–Crippen MR) is 169 cm³/mol. The van der Waals surface area contributed by atoms with Crippen molar-refractivity contribution < 1.29 is 9.47 Å². The van der Waals surface area contributed by atoms with Crippen LogP contribution in [0.3, 0.4) is 0 Å². The van der Waals surface area contributed by atoms with Gasteiger partial charge in [-0.3, -0.25) is 0 Å². The molecule has 0 bridgehead atoms. The summed E-state index contributed by atoms with van der Waals surface area (Å²) in [5.74, 6) is 0.929. The van der Waals surface area contributed by atoms with Crippen molar-refractivity contribution in [2.45, 2.75) is 105 Å². The number of ether oxygens (including phenoxy) is 2. The van der Waals surface area contributed by atoms with E-state index in [0.717, 1.165) is 69.3 Å². The summed E-state index contributed by atoms with van der Waals surface area (Å²) in [6.07, 6.45) is 9.73. The molecule has 2 atom stereocenters.